The van der Waals surface area contributed by atoms with Crippen LogP contribution < -0.4 is 15.5 Å². The molecular weight excluding hydrogens is 384 g/mol. The van der Waals surface area contributed by atoms with E-state index in [1.807, 2.05) is 12.1 Å². The van der Waals surface area contributed by atoms with Gasteiger partial charge in [-0.25, -0.2) is 0 Å². The Bertz CT molecular complexity index is 927. The number of hydrogen-bond acceptors (Lipinski definition) is 6. The van der Waals surface area contributed by atoms with Crippen LogP contribution in [0.1, 0.15) is 59.2 Å². The van der Waals surface area contributed by atoms with Gasteiger partial charge in [-0.05, 0) is 62.7 Å². The van der Waals surface area contributed by atoms with Gasteiger partial charge in [0.25, 0.3) is 11.8 Å². The summed E-state index contributed by atoms with van der Waals surface area (Å²) >= 11 is 0. The second-order valence-electron chi connectivity index (χ2n) is 8.88. The first-order chi connectivity index (χ1) is 14.5. The predicted molar refractivity (Wildman–Crippen MR) is 109 cm³/mol. The second kappa shape index (κ2) is 7.19. The number of piperidine rings is 3. The number of anilines is 1. The lowest BCUT2D eigenvalue weighted by atomic mass is 9.71. The van der Waals surface area contributed by atoms with E-state index in [0.717, 1.165) is 49.6 Å². The molecular formula is C22H26N4O4. The van der Waals surface area contributed by atoms with Crippen molar-refractivity contribution in [1.29, 1.82) is 0 Å². The molecule has 0 aliphatic carbocycles. The Labute approximate surface area is 175 Å². The van der Waals surface area contributed by atoms with E-state index in [2.05, 4.69) is 15.5 Å². The quantitative estimate of drug-likeness (QED) is 0.708. The van der Waals surface area contributed by atoms with Gasteiger partial charge >= 0.3 is 0 Å². The monoisotopic (exact) mass is 410 g/mol. The first-order valence-corrected chi connectivity index (χ1v) is 10.8. The first-order valence-electron chi connectivity index (χ1n) is 10.8. The van der Waals surface area contributed by atoms with Gasteiger partial charge < -0.3 is 10.2 Å². The normalized spacial score (nSPS) is 26.2. The lowest BCUT2D eigenvalue weighted by Gasteiger charge is -2.45. The Morgan fingerprint density at radius 1 is 0.933 bits per heavy atom. The summed E-state index contributed by atoms with van der Waals surface area (Å²) in [6.45, 7) is 3.84. The number of hydrogen-bond donors (Lipinski definition) is 2. The Hall–Kier alpha value is -2.74. The van der Waals surface area contributed by atoms with Gasteiger partial charge in [0.2, 0.25) is 11.8 Å². The highest BCUT2D eigenvalue weighted by Crippen LogP contribution is 2.42. The van der Waals surface area contributed by atoms with E-state index in [-0.39, 0.29) is 18.7 Å². The molecule has 4 heterocycles. The molecule has 30 heavy (non-hydrogen) atoms. The third kappa shape index (κ3) is 3.01. The fraction of sp³-hybridized carbons (Fsp3) is 0.545. The largest absolute Gasteiger partial charge is 0.371 e. The van der Waals surface area contributed by atoms with Crippen molar-refractivity contribution in [2.75, 3.05) is 31.1 Å². The number of nitrogens with zero attached hydrogens (tertiary/aromatic N) is 2. The van der Waals surface area contributed by atoms with Gasteiger partial charge in [-0.1, -0.05) is 6.07 Å². The van der Waals surface area contributed by atoms with E-state index in [4.69, 9.17) is 0 Å². The molecule has 4 aliphatic heterocycles. The van der Waals surface area contributed by atoms with Crippen molar-refractivity contribution in [3.63, 3.8) is 0 Å². The Morgan fingerprint density at radius 2 is 1.67 bits per heavy atom. The molecule has 1 unspecified atom stereocenters. The zero-order valence-corrected chi connectivity index (χ0v) is 16.9. The second-order valence-corrected chi connectivity index (χ2v) is 8.88. The Kier molecular flexibility index (Phi) is 4.61. The van der Waals surface area contributed by atoms with Gasteiger partial charge in [-0.3, -0.25) is 29.4 Å². The molecule has 5 rings (SSSR count). The van der Waals surface area contributed by atoms with Gasteiger partial charge in [0.15, 0.2) is 0 Å². The number of nitrogens with one attached hydrogen (secondary N) is 2. The van der Waals surface area contributed by atoms with Gasteiger partial charge in [0, 0.05) is 19.5 Å². The first kappa shape index (κ1) is 19.2. The van der Waals surface area contributed by atoms with Crippen LogP contribution in [0.25, 0.3) is 0 Å². The molecule has 1 aromatic rings. The number of imide groups is 2. The number of rotatable bonds is 2. The van der Waals surface area contributed by atoms with Crippen molar-refractivity contribution >= 4 is 29.3 Å². The lowest BCUT2D eigenvalue weighted by molar-refractivity contribution is -0.136. The molecule has 0 saturated carbocycles. The summed E-state index contributed by atoms with van der Waals surface area (Å²) in [4.78, 5) is 53.4. The fourth-order valence-electron chi connectivity index (χ4n) is 5.44. The van der Waals surface area contributed by atoms with Crippen LogP contribution in [0.3, 0.4) is 0 Å². The third-order valence-electron chi connectivity index (χ3n) is 7.28. The minimum atomic E-state index is -0.928. The number of carbonyl (C=O) groups excluding carboxylic acids is 4. The highest BCUT2D eigenvalue weighted by atomic mass is 16.2. The third-order valence-corrected chi connectivity index (χ3v) is 7.28. The average molecular weight is 410 g/mol. The number of benzene rings is 1. The Morgan fingerprint density at radius 3 is 2.37 bits per heavy atom. The molecule has 158 valence electrons. The smallest absolute Gasteiger partial charge is 0.264 e. The summed E-state index contributed by atoms with van der Waals surface area (Å²) in [5, 5.41) is 5.68. The summed E-state index contributed by atoms with van der Waals surface area (Å²) in [6.07, 6.45) is 4.84. The minimum Gasteiger partial charge on any atom is -0.371 e. The van der Waals surface area contributed by atoms with E-state index < -0.39 is 23.8 Å². The van der Waals surface area contributed by atoms with Gasteiger partial charge in [0.1, 0.15) is 6.04 Å². The van der Waals surface area contributed by atoms with Crippen molar-refractivity contribution < 1.29 is 19.2 Å². The molecule has 4 amide bonds. The zero-order valence-electron chi connectivity index (χ0n) is 16.9. The van der Waals surface area contributed by atoms with E-state index in [1.165, 1.54) is 12.8 Å². The maximum atomic E-state index is 13.3. The summed E-state index contributed by atoms with van der Waals surface area (Å²) in [6, 6.07) is 4.44. The summed E-state index contributed by atoms with van der Waals surface area (Å²) < 4.78 is 0. The SMILES string of the molecule is O=C1CCC(N2C(=O)c3cccc(N4CCC5(CCNCC5)CC4)c3C2=O)C(=O)N1. The predicted octanol–water partition coefficient (Wildman–Crippen LogP) is 1.06. The standard InChI is InChI=1S/C22H26N4O4/c27-17-5-4-16(19(28)24-17)26-20(29)14-2-1-3-15(18(14)21(26)30)25-12-8-22(9-13-25)6-10-23-11-7-22/h1-3,16,23H,4-13H2,(H,24,27,28). The van der Waals surface area contributed by atoms with Crippen LogP contribution in [0.5, 0.6) is 0 Å². The molecule has 0 radical (unpaired) electrons. The van der Waals surface area contributed by atoms with Crippen LogP contribution >= 0.6 is 0 Å². The maximum Gasteiger partial charge on any atom is 0.264 e. The van der Waals surface area contributed by atoms with E-state index in [1.54, 1.807) is 6.07 Å². The molecule has 8 nitrogen and oxygen atoms in total. The van der Waals surface area contributed by atoms with Crippen molar-refractivity contribution in [1.82, 2.24) is 15.5 Å². The fourth-order valence-corrected chi connectivity index (χ4v) is 5.44. The minimum absolute atomic E-state index is 0.125. The van der Waals surface area contributed by atoms with Gasteiger partial charge in [0.05, 0.1) is 16.8 Å². The van der Waals surface area contributed by atoms with Crippen LogP contribution in [0.4, 0.5) is 5.69 Å². The van der Waals surface area contributed by atoms with Crippen molar-refractivity contribution in [2.45, 2.75) is 44.6 Å². The number of carbonyl (C=O) groups is 4. The van der Waals surface area contributed by atoms with Gasteiger partial charge in [-0.2, -0.15) is 0 Å². The molecule has 1 aromatic carbocycles. The zero-order chi connectivity index (χ0) is 20.9. The lowest BCUT2D eigenvalue weighted by Crippen LogP contribution is -2.54. The van der Waals surface area contributed by atoms with Crippen molar-refractivity contribution in [3.05, 3.63) is 29.3 Å². The van der Waals surface area contributed by atoms with Crippen LogP contribution in [0.2, 0.25) is 0 Å². The summed E-state index contributed by atoms with van der Waals surface area (Å²) in [5.74, 6) is -1.82. The molecule has 1 spiro atoms. The number of fused-ring (bicyclic) bond motifs is 1. The summed E-state index contributed by atoms with van der Waals surface area (Å²) in [5.41, 5.74) is 1.92. The van der Waals surface area contributed by atoms with Crippen molar-refractivity contribution in [2.24, 2.45) is 5.41 Å². The molecule has 1 atom stereocenters. The van der Waals surface area contributed by atoms with Crippen LogP contribution in [0.15, 0.2) is 18.2 Å². The molecule has 2 N–H and O–H groups in total. The maximum absolute atomic E-state index is 13.3. The molecule has 0 bridgehead atoms. The van der Waals surface area contributed by atoms with E-state index in [0.29, 0.717) is 16.5 Å². The molecule has 3 fully saturated rings. The Balaban J connectivity index is 1.40. The van der Waals surface area contributed by atoms with Crippen LogP contribution in [0, 0.1) is 5.41 Å². The summed E-state index contributed by atoms with van der Waals surface area (Å²) in [7, 11) is 0. The molecule has 4 aliphatic rings. The van der Waals surface area contributed by atoms with Crippen molar-refractivity contribution in [3.8, 4) is 0 Å². The molecule has 8 heteroatoms. The highest BCUT2D eigenvalue weighted by Gasteiger charge is 2.46. The molecule has 0 aromatic heterocycles. The molecule has 3 saturated heterocycles. The van der Waals surface area contributed by atoms with E-state index in [9.17, 15) is 19.2 Å². The van der Waals surface area contributed by atoms with Crippen LogP contribution in [-0.4, -0.2) is 60.7 Å². The average Bonchev–Trinajstić information content (AvgIpc) is 3.00. The number of amides is 4. The van der Waals surface area contributed by atoms with E-state index >= 15 is 0 Å². The van der Waals surface area contributed by atoms with Crippen LogP contribution in [-0.2, 0) is 9.59 Å². The highest BCUT2D eigenvalue weighted by molar-refractivity contribution is 6.25. The topological polar surface area (TPSA) is 98.8 Å². The van der Waals surface area contributed by atoms with Gasteiger partial charge in [-0.15, -0.1) is 0 Å².